The van der Waals surface area contributed by atoms with Crippen molar-refractivity contribution in [1.29, 1.82) is 0 Å². The highest BCUT2D eigenvalue weighted by Gasteiger charge is 1.93. The van der Waals surface area contributed by atoms with E-state index in [2.05, 4.69) is 12.8 Å². The maximum Gasteiger partial charge on any atom is 0.119 e. The zero-order valence-electron chi connectivity index (χ0n) is 8.55. The third-order valence-corrected chi connectivity index (χ3v) is 2.02. The van der Waals surface area contributed by atoms with Crippen molar-refractivity contribution in [2.45, 2.75) is 26.2 Å². The highest BCUT2D eigenvalue weighted by molar-refractivity contribution is 5.35. The first kappa shape index (κ1) is 10.7. The molecule has 73 valence electrons. The molecular formula is C13H15O. The topological polar surface area (TPSA) is 9.23 Å². The monoisotopic (exact) mass is 187 g/mol. The SMILES string of the molecule is [C]#Cc1ccc(OCCCCC)cc1. The smallest absolute Gasteiger partial charge is 0.119 e. The summed E-state index contributed by atoms with van der Waals surface area (Å²) in [4.78, 5) is 0. The lowest BCUT2D eigenvalue weighted by molar-refractivity contribution is 0.306. The summed E-state index contributed by atoms with van der Waals surface area (Å²) in [6.45, 7) is 2.95. The molecule has 1 heteroatoms. The van der Waals surface area contributed by atoms with Gasteiger partial charge in [-0.05, 0) is 37.1 Å². The van der Waals surface area contributed by atoms with Crippen LogP contribution in [0.1, 0.15) is 31.7 Å². The van der Waals surface area contributed by atoms with Crippen molar-refractivity contribution in [2.75, 3.05) is 6.61 Å². The molecule has 1 aromatic rings. The predicted molar refractivity (Wildman–Crippen MR) is 57.7 cm³/mol. The lowest BCUT2D eigenvalue weighted by Crippen LogP contribution is -1.96. The third-order valence-electron chi connectivity index (χ3n) is 2.02. The Hall–Kier alpha value is -1.42. The van der Waals surface area contributed by atoms with Crippen LogP contribution in [0.2, 0.25) is 0 Å². The number of benzene rings is 1. The summed E-state index contributed by atoms with van der Waals surface area (Å²) in [5.74, 6) is 3.20. The van der Waals surface area contributed by atoms with E-state index in [1.807, 2.05) is 24.3 Å². The maximum atomic E-state index is 6.92. The van der Waals surface area contributed by atoms with Crippen LogP contribution in [-0.4, -0.2) is 6.61 Å². The first-order valence-electron chi connectivity index (χ1n) is 5.02. The van der Waals surface area contributed by atoms with Gasteiger partial charge in [0, 0.05) is 5.56 Å². The summed E-state index contributed by atoms with van der Waals surface area (Å²) in [5, 5.41) is 0. The van der Waals surface area contributed by atoms with E-state index < -0.39 is 0 Å². The minimum absolute atomic E-state index is 0.779. The van der Waals surface area contributed by atoms with Crippen LogP contribution in [0.15, 0.2) is 24.3 Å². The van der Waals surface area contributed by atoms with E-state index in [-0.39, 0.29) is 0 Å². The molecule has 0 aliphatic carbocycles. The van der Waals surface area contributed by atoms with Crippen LogP contribution in [0, 0.1) is 12.3 Å². The van der Waals surface area contributed by atoms with Crippen molar-refractivity contribution in [1.82, 2.24) is 0 Å². The molecule has 1 radical (unpaired) electrons. The fourth-order valence-corrected chi connectivity index (χ4v) is 1.18. The maximum absolute atomic E-state index is 6.92. The molecular weight excluding hydrogens is 172 g/mol. The van der Waals surface area contributed by atoms with Gasteiger partial charge in [-0.2, -0.15) is 0 Å². The molecule has 0 unspecified atom stereocenters. The molecule has 0 aliphatic rings. The summed E-state index contributed by atoms with van der Waals surface area (Å²) in [6, 6.07) is 7.43. The molecule has 0 aromatic heterocycles. The lowest BCUT2D eigenvalue weighted by Gasteiger charge is -2.04. The first-order valence-corrected chi connectivity index (χ1v) is 5.02. The highest BCUT2D eigenvalue weighted by Crippen LogP contribution is 2.12. The van der Waals surface area contributed by atoms with E-state index in [1.165, 1.54) is 12.8 Å². The number of hydrogen-bond donors (Lipinski definition) is 0. The fourth-order valence-electron chi connectivity index (χ4n) is 1.18. The van der Waals surface area contributed by atoms with Gasteiger partial charge in [0.1, 0.15) is 5.75 Å². The standard InChI is InChI=1S/C13H15O/c1-3-5-6-11-14-13-9-7-12(4-2)8-10-13/h7-10H,3,5-6,11H2,1H3. The Kier molecular flexibility index (Phi) is 4.64. The zero-order chi connectivity index (χ0) is 10.2. The van der Waals surface area contributed by atoms with E-state index in [9.17, 15) is 0 Å². The summed E-state index contributed by atoms with van der Waals surface area (Å²) in [5.41, 5.74) is 0.783. The summed E-state index contributed by atoms with van der Waals surface area (Å²) in [7, 11) is 0. The van der Waals surface area contributed by atoms with Crippen molar-refractivity contribution >= 4 is 0 Å². The first-order chi connectivity index (χ1) is 6.86. The average Bonchev–Trinajstić information content (AvgIpc) is 2.25. The molecule has 0 atom stereocenters. The minimum Gasteiger partial charge on any atom is -0.494 e. The van der Waals surface area contributed by atoms with Crippen LogP contribution in [0.4, 0.5) is 0 Å². The van der Waals surface area contributed by atoms with Crippen molar-refractivity contribution in [3.63, 3.8) is 0 Å². The fraction of sp³-hybridized carbons (Fsp3) is 0.385. The Morgan fingerprint density at radius 1 is 1.21 bits per heavy atom. The van der Waals surface area contributed by atoms with Crippen LogP contribution in [-0.2, 0) is 0 Å². The molecule has 0 spiro atoms. The normalized spacial score (nSPS) is 9.43. The number of hydrogen-bond acceptors (Lipinski definition) is 1. The van der Waals surface area contributed by atoms with Gasteiger partial charge in [0.25, 0.3) is 0 Å². The van der Waals surface area contributed by atoms with Crippen LogP contribution in [0.5, 0.6) is 5.75 Å². The molecule has 0 bridgehead atoms. The molecule has 0 amide bonds. The Balaban J connectivity index is 2.33. The van der Waals surface area contributed by atoms with Crippen molar-refractivity contribution in [3.05, 3.63) is 36.3 Å². The number of rotatable bonds is 5. The molecule has 0 saturated carbocycles. The minimum atomic E-state index is 0.779. The molecule has 1 nitrogen and oxygen atoms in total. The van der Waals surface area contributed by atoms with Gasteiger partial charge < -0.3 is 4.74 Å². The quantitative estimate of drug-likeness (QED) is 0.508. The van der Waals surface area contributed by atoms with E-state index in [1.54, 1.807) is 0 Å². The van der Waals surface area contributed by atoms with Gasteiger partial charge in [-0.3, -0.25) is 0 Å². The van der Waals surface area contributed by atoms with E-state index in [0.29, 0.717) is 0 Å². The van der Waals surface area contributed by atoms with Gasteiger partial charge in [0.05, 0.1) is 6.61 Å². The van der Waals surface area contributed by atoms with Crippen LogP contribution in [0.3, 0.4) is 0 Å². The average molecular weight is 187 g/mol. The number of unbranched alkanes of at least 4 members (excludes halogenated alkanes) is 2. The summed E-state index contributed by atoms with van der Waals surface area (Å²) in [6.07, 6.45) is 10.5. The van der Waals surface area contributed by atoms with Crippen molar-refractivity contribution in [3.8, 4) is 11.7 Å². The number of ether oxygens (including phenoxy) is 1. The van der Waals surface area contributed by atoms with Gasteiger partial charge in [0.15, 0.2) is 0 Å². The van der Waals surface area contributed by atoms with Gasteiger partial charge in [-0.15, -0.1) is 0 Å². The van der Waals surface area contributed by atoms with Gasteiger partial charge in [0.2, 0.25) is 0 Å². The second kappa shape index (κ2) is 6.10. The van der Waals surface area contributed by atoms with Gasteiger partial charge in [-0.1, -0.05) is 25.7 Å². The lowest BCUT2D eigenvalue weighted by atomic mass is 10.2. The van der Waals surface area contributed by atoms with E-state index in [0.717, 1.165) is 24.3 Å². The third kappa shape index (κ3) is 3.53. The molecule has 14 heavy (non-hydrogen) atoms. The highest BCUT2D eigenvalue weighted by atomic mass is 16.5. The second-order valence-electron chi connectivity index (χ2n) is 3.20. The van der Waals surface area contributed by atoms with Crippen molar-refractivity contribution < 1.29 is 4.74 Å². The Bertz CT molecular complexity index is 292. The zero-order valence-corrected chi connectivity index (χ0v) is 8.55. The molecule has 1 aromatic carbocycles. The molecule has 0 saturated heterocycles. The molecule has 0 aliphatic heterocycles. The second-order valence-corrected chi connectivity index (χ2v) is 3.20. The summed E-state index contributed by atoms with van der Waals surface area (Å²) < 4.78 is 5.52. The Morgan fingerprint density at radius 2 is 1.93 bits per heavy atom. The van der Waals surface area contributed by atoms with Gasteiger partial charge in [-0.25, -0.2) is 0 Å². The predicted octanol–water partition coefficient (Wildman–Crippen LogP) is 3.19. The van der Waals surface area contributed by atoms with Crippen molar-refractivity contribution in [2.24, 2.45) is 0 Å². The summed E-state index contributed by atoms with van der Waals surface area (Å²) >= 11 is 0. The Labute approximate surface area is 86.1 Å². The van der Waals surface area contributed by atoms with Crippen LogP contribution < -0.4 is 4.74 Å². The largest absolute Gasteiger partial charge is 0.494 e. The molecule has 0 heterocycles. The van der Waals surface area contributed by atoms with Crippen LogP contribution in [0.25, 0.3) is 0 Å². The van der Waals surface area contributed by atoms with Gasteiger partial charge >= 0.3 is 0 Å². The molecule has 0 fully saturated rings. The Morgan fingerprint density at radius 3 is 2.50 bits per heavy atom. The van der Waals surface area contributed by atoms with Crippen LogP contribution >= 0.6 is 0 Å². The molecule has 1 rings (SSSR count). The van der Waals surface area contributed by atoms with E-state index in [4.69, 9.17) is 11.2 Å². The van der Waals surface area contributed by atoms with E-state index >= 15 is 0 Å². The molecule has 0 N–H and O–H groups in total.